The van der Waals surface area contributed by atoms with Crippen LogP contribution in [0.5, 0.6) is 0 Å². The molecule has 1 aromatic carbocycles. The third-order valence-corrected chi connectivity index (χ3v) is 3.78. The van der Waals surface area contributed by atoms with E-state index in [1.165, 1.54) is 11.1 Å². The van der Waals surface area contributed by atoms with Gasteiger partial charge in [-0.05, 0) is 30.4 Å². The minimum atomic E-state index is -0.502. The summed E-state index contributed by atoms with van der Waals surface area (Å²) < 4.78 is 7.80. The quantitative estimate of drug-likeness (QED) is 0.908. The number of aromatic nitrogens is 2. The van der Waals surface area contributed by atoms with Crippen LogP contribution in [-0.2, 0) is 17.7 Å². The van der Waals surface area contributed by atoms with E-state index >= 15 is 0 Å². The van der Waals surface area contributed by atoms with Crippen molar-refractivity contribution < 1.29 is 9.84 Å². The Bertz CT molecular complexity index is 539. The van der Waals surface area contributed by atoms with Gasteiger partial charge in [0.15, 0.2) is 0 Å². The third-order valence-electron chi connectivity index (χ3n) is 3.78. The lowest BCUT2D eigenvalue weighted by atomic mass is 9.89. The van der Waals surface area contributed by atoms with Gasteiger partial charge >= 0.3 is 0 Å². The van der Waals surface area contributed by atoms with Crippen molar-refractivity contribution in [3.05, 3.63) is 54.1 Å². The highest BCUT2D eigenvalue weighted by atomic mass is 16.5. The van der Waals surface area contributed by atoms with Gasteiger partial charge < -0.3 is 14.4 Å². The number of aliphatic hydroxyl groups is 1. The van der Waals surface area contributed by atoms with Gasteiger partial charge in [0.05, 0.1) is 31.7 Å². The maximum Gasteiger partial charge on any atom is 0.0952 e. The summed E-state index contributed by atoms with van der Waals surface area (Å²) in [6, 6.07) is 8.45. The number of fused-ring (bicyclic) bond motifs is 1. The van der Waals surface area contributed by atoms with Gasteiger partial charge in [-0.1, -0.05) is 24.3 Å². The zero-order chi connectivity index (χ0) is 13.8. The number of hydrogen-bond donors (Lipinski definition) is 1. The average molecular weight is 272 g/mol. The summed E-state index contributed by atoms with van der Waals surface area (Å²) in [5, 5.41) is 10.0. The SMILES string of the molecule is OC(COC1CCCc2ccccc21)Cn1ccnc1. The van der Waals surface area contributed by atoms with E-state index in [2.05, 4.69) is 29.2 Å². The molecule has 2 atom stereocenters. The van der Waals surface area contributed by atoms with Gasteiger partial charge in [-0.15, -0.1) is 0 Å². The number of hydrogen-bond acceptors (Lipinski definition) is 3. The highest BCUT2D eigenvalue weighted by Gasteiger charge is 2.21. The van der Waals surface area contributed by atoms with Crippen molar-refractivity contribution >= 4 is 0 Å². The summed E-state index contributed by atoms with van der Waals surface area (Å²) in [4.78, 5) is 3.97. The molecular weight excluding hydrogens is 252 g/mol. The molecule has 0 saturated carbocycles. The van der Waals surface area contributed by atoms with E-state index in [-0.39, 0.29) is 6.10 Å². The van der Waals surface area contributed by atoms with Crippen molar-refractivity contribution in [2.24, 2.45) is 0 Å². The number of benzene rings is 1. The fraction of sp³-hybridized carbons (Fsp3) is 0.438. The van der Waals surface area contributed by atoms with Gasteiger partial charge in [0.2, 0.25) is 0 Å². The van der Waals surface area contributed by atoms with Crippen LogP contribution >= 0.6 is 0 Å². The van der Waals surface area contributed by atoms with Crippen LogP contribution in [0.25, 0.3) is 0 Å². The molecule has 0 bridgehead atoms. The Morgan fingerprint density at radius 1 is 1.40 bits per heavy atom. The first-order valence-corrected chi connectivity index (χ1v) is 7.16. The Balaban J connectivity index is 1.56. The molecule has 20 heavy (non-hydrogen) atoms. The predicted octanol–water partition coefficient (Wildman–Crippen LogP) is 2.34. The average Bonchev–Trinajstić information content (AvgIpc) is 2.98. The molecule has 0 aliphatic heterocycles. The molecular formula is C16H20N2O2. The number of aliphatic hydroxyl groups excluding tert-OH is 1. The Morgan fingerprint density at radius 3 is 3.15 bits per heavy atom. The van der Waals surface area contributed by atoms with Crippen LogP contribution in [0.3, 0.4) is 0 Å². The summed E-state index contributed by atoms with van der Waals surface area (Å²) in [6.45, 7) is 0.881. The summed E-state index contributed by atoms with van der Waals surface area (Å²) >= 11 is 0. The van der Waals surface area contributed by atoms with Crippen molar-refractivity contribution in [2.45, 2.75) is 38.0 Å². The Morgan fingerprint density at radius 2 is 2.30 bits per heavy atom. The highest BCUT2D eigenvalue weighted by molar-refractivity contribution is 5.31. The lowest BCUT2D eigenvalue weighted by Crippen LogP contribution is -2.24. The van der Waals surface area contributed by atoms with E-state index in [4.69, 9.17) is 4.74 Å². The van der Waals surface area contributed by atoms with E-state index in [0.717, 1.165) is 19.3 Å². The highest BCUT2D eigenvalue weighted by Crippen LogP contribution is 2.32. The molecule has 106 valence electrons. The van der Waals surface area contributed by atoms with Crippen LogP contribution in [0.15, 0.2) is 43.0 Å². The minimum absolute atomic E-state index is 0.123. The number of imidazole rings is 1. The zero-order valence-corrected chi connectivity index (χ0v) is 11.5. The molecule has 0 amide bonds. The van der Waals surface area contributed by atoms with Crippen LogP contribution in [0.1, 0.15) is 30.1 Å². The maximum absolute atomic E-state index is 10.0. The third kappa shape index (κ3) is 3.08. The van der Waals surface area contributed by atoms with E-state index in [0.29, 0.717) is 13.2 Å². The van der Waals surface area contributed by atoms with Crippen LogP contribution in [-0.4, -0.2) is 27.4 Å². The molecule has 1 aromatic heterocycles. The van der Waals surface area contributed by atoms with Crippen LogP contribution in [0.4, 0.5) is 0 Å². The fourth-order valence-corrected chi connectivity index (χ4v) is 2.80. The van der Waals surface area contributed by atoms with Gasteiger partial charge in [-0.2, -0.15) is 0 Å². The zero-order valence-electron chi connectivity index (χ0n) is 11.5. The van der Waals surface area contributed by atoms with Crippen molar-refractivity contribution in [2.75, 3.05) is 6.61 Å². The topological polar surface area (TPSA) is 47.3 Å². The Hall–Kier alpha value is -1.65. The first-order valence-electron chi connectivity index (χ1n) is 7.16. The number of aryl methyl sites for hydroxylation is 1. The van der Waals surface area contributed by atoms with Gasteiger partial charge in [-0.3, -0.25) is 0 Å². The second-order valence-corrected chi connectivity index (χ2v) is 5.33. The van der Waals surface area contributed by atoms with E-state index in [9.17, 15) is 5.11 Å². The molecule has 2 aromatic rings. The van der Waals surface area contributed by atoms with E-state index in [1.807, 2.05) is 10.8 Å². The molecule has 1 heterocycles. The standard InChI is InChI=1S/C16H20N2O2/c19-14(10-18-9-8-17-12-18)11-20-16-7-3-5-13-4-1-2-6-15(13)16/h1-2,4,6,8-9,12,14,16,19H,3,5,7,10-11H2. The molecule has 4 heteroatoms. The molecule has 0 fully saturated rings. The lowest BCUT2D eigenvalue weighted by Gasteiger charge is -2.26. The van der Waals surface area contributed by atoms with Gasteiger partial charge in [0.1, 0.15) is 0 Å². The second kappa shape index (κ2) is 6.20. The van der Waals surface area contributed by atoms with E-state index < -0.39 is 6.10 Å². The normalized spacial score (nSPS) is 19.6. The van der Waals surface area contributed by atoms with Crippen LogP contribution in [0.2, 0.25) is 0 Å². The van der Waals surface area contributed by atoms with Crippen molar-refractivity contribution in [1.29, 1.82) is 0 Å². The summed E-state index contributed by atoms with van der Waals surface area (Å²) in [6.07, 6.45) is 8.21. The monoisotopic (exact) mass is 272 g/mol. The first kappa shape index (κ1) is 13.3. The van der Waals surface area contributed by atoms with Crippen LogP contribution < -0.4 is 0 Å². The Kier molecular flexibility index (Phi) is 4.14. The number of nitrogens with zero attached hydrogens (tertiary/aromatic N) is 2. The molecule has 3 rings (SSSR count). The second-order valence-electron chi connectivity index (χ2n) is 5.33. The van der Waals surface area contributed by atoms with Crippen molar-refractivity contribution in [1.82, 2.24) is 9.55 Å². The number of ether oxygens (including phenoxy) is 1. The van der Waals surface area contributed by atoms with E-state index in [1.54, 1.807) is 12.5 Å². The largest absolute Gasteiger partial charge is 0.389 e. The molecule has 1 N–H and O–H groups in total. The molecule has 1 aliphatic carbocycles. The molecule has 0 spiro atoms. The van der Waals surface area contributed by atoms with Crippen molar-refractivity contribution in [3.8, 4) is 0 Å². The van der Waals surface area contributed by atoms with Crippen molar-refractivity contribution in [3.63, 3.8) is 0 Å². The molecule has 4 nitrogen and oxygen atoms in total. The molecule has 2 unspecified atom stereocenters. The molecule has 1 aliphatic rings. The smallest absolute Gasteiger partial charge is 0.0952 e. The predicted molar refractivity (Wildman–Crippen MR) is 76.3 cm³/mol. The van der Waals surface area contributed by atoms with Crippen LogP contribution in [0, 0.1) is 0 Å². The maximum atomic E-state index is 10.0. The van der Waals surface area contributed by atoms with Gasteiger partial charge in [-0.25, -0.2) is 4.98 Å². The summed E-state index contributed by atoms with van der Waals surface area (Å²) in [7, 11) is 0. The summed E-state index contributed by atoms with van der Waals surface area (Å²) in [5.74, 6) is 0. The number of rotatable bonds is 5. The first-order chi connectivity index (χ1) is 9.83. The fourth-order valence-electron chi connectivity index (χ4n) is 2.80. The minimum Gasteiger partial charge on any atom is -0.389 e. The van der Waals surface area contributed by atoms with Gasteiger partial charge in [0.25, 0.3) is 0 Å². The van der Waals surface area contributed by atoms with Gasteiger partial charge in [0, 0.05) is 12.4 Å². The summed E-state index contributed by atoms with van der Waals surface area (Å²) in [5.41, 5.74) is 2.67. The molecule has 0 saturated heterocycles. The lowest BCUT2D eigenvalue weighted by molar-refractivity contribution is -0.0225. The Labute approximate surface area is 119 Å². The molecule has 0 radical (unpaired) electrons.